The fraction of sp³-hybridized carbons (Fsp3) is 0.933. The second-order valence-electron chi connectivity index (χ2n) is 5.37. The number of rotatable bonds is 11. The van der Waals surface area contributed by atoms with Gasteiger partial charge in [0.1, 0.15) is 6.61 Å². The number of hydrogen-bond donors (Lipinski definition) is 1. The minimum absolute atomic E-state index is 0.0837. The van der Waals surface area contributed by atoms with Gasteiger partial charge in [0.25, 0.3) is 0 Å². The highest BCUT2D eigenvalue weighted by Gasteiger charge is 2.30. The minimum Gasteiger partial charge on any atom is -0.450 e. The molecule has 0 atom stereocenters. The van der Waals surface area contributed by atoms with Gasteiger partial charge >= 0.3 is 6.16 Å². The van der Waals surface area contributed by atoms with Crippen LogP contribution in [0.15, 0.2) is 0 Å². The van der Waals surface area contributed by atoms with E-state index in [-0.39, 0.29) is 5.41 Å². The summed E-state index contributed by atoms with van der Waals surface area (Å²) in [6.45, 7) is 6.93. The molecule has 108 valence electrons. The first kappa shape index (κ1) is 17.3. The second-order valence-corrected chi connectivity index (χ2v) is 5.37. The van der Waals surface area contributed by atoms with Crippen molar-refractivity contribution in [3.8, 4) is 0 Å². The van der Waals surface area contributed by atoms with Crippen molar-refractivity contribution in [1.82, 2.24) is 0 Å². The smallest absolute Gasteiger partial charge is 0.450 e. The first-order valence-corrected chi connectivity index (χ1v) is 7.46. The quantitative estimate of drug-likeness (QED) is 0.516. The van der Waals surface area contributed by atoms with Crippen molar-refractivity contribution in [3.63, 3.8) is 0 Å². The maximum absolute atomic E-state index is 10.6. The van der Waals surface area contributed by atoms with Crippen LogP contribution in [0.3, 0.4) is 0 Å². The maximum atomic E-state index is 10.6. The molecule has 0 aliphatic rings. The Morgan fingerprint density at radius 2 is 1.33 bits per heavy atom. The summed E-state index contributed by atoms with van der Waals surface area (Å²) in [6, 6.07) is 0. The lowest BCUT2D eigenvalue weighted by Gasteiger charge is -2.33. The van der Waals surface area contributed by atoms with E-state index < -0.39 is 6.16 Å². The van der Waals surface area contributed by atoms with Crippen LogP contribution in [0.2, 0.25) is 0 Å². The molecule has 0 fully saturated rings. The molecule has 3 heteroatoms. The van der Waals surface area contributed by atoms with Crippen molar-refractivity contribution in [2.24, 2.45) is 5.41 Å². The van der Waals surface area contributed by atoms with Crippen LogP contribution in [-0.4, -0.2) is 17.9 Å². The molecule has 18 heavy (non-hydrogen) atoms. The molecular weight excluding hydrogens is 228 g/mol. The Balaban J connectivity index is 4.55. The Morgan fingerprint density at radius 1 is 0.944 bits per heavy atom. The van der Waals surface area contributed by atoms with Crippen LogP contribution in [0.5, 0.6) is 0 Å². The zero-order valence-corrected chi connectivity index (χ0v) is 12.3. The summed E-state index contributed by atoms with van der Waals surface area (Å²) in [6.07, 6.45) is 9.12. The number of carbonyl (C=O) groups is 1. The number of hydrogen-bond acceptors (Lipinski definition) is 2. The molecule has 0 aromatic rings. The molecule has 3 nitrogen and oxygen atoms in total. The fourth-order valence-corrected chi connectivity index (χ4v) is 2.46. The molecule has 0 amide bonds. The molecule has 0 unspecified atom stereocenters. The molecule has 0 radical (unpaired) electrons. The van der Waals surface area contributed by atoms with Gasteiger partial charge in [-0.05, 0) is 19.3 Å². The molecular formula is C15H30O3. The highest BCUT2D eigenvalue weighted by atomic mass is 16.7. The lowest BCUT2D eigenvalue weighted by molar-refractivity contribution is 0.0298. The van der Waals surface area contributed by atoms with Gasteiger partial charge in [0.2, 0.25) is 0 Å². The lowest BCUT2D eigenvalue weighted by atomic mass is 9.75. The van der Waals surface area contributed by atoms with Gasteiger partial charge in [-0.3, -0.25) is 0 Å². The molecule has 0 rings (SSSR count). The Bertz CT molecular complexity index is 192. The summed E-state index contributed by atoms with van der Waals surface area (Å²) in [7, 11) is 0. The predicted molar refractivity (Wildman–Crippen MR) is 75.0 cm³/mol. The average Bonchev–Trinajstić information content (AvgIpc) is 2.37. The molecule has 0 heterocycles. The van der Waals surface area contributed by atoms with Gasteiger partial charge in [-0.15, -0.1) is 0 Å². The zero-order chi connectivity index (χ0) is 13.9. The Labute approximate surface area is 112 Å². The van der Waals surface area contributed by atoms with E-state index in [0.29, 0.717) is 6.61 Å². The van der Waals surface area contributed by atoms with Gasteiger partial charge in [-0.25, -0.2) is 4.79 Å². The summed E-state index contributed by atoms with van der Waals surface area (Å²) >= 11 is 0. The van der Waals surface area contributed by atoms with Crippen LogP contribution >= 0.6 is 0 Å². The van der Waals surface area contributed by atoms with Crippen LogP contribution in [0.4, 0.5) is 4.79 Å². The van der Waals surface area contributed by atoms with Gasteiger partial charge < -0.3 is 9.84 Å². The standard InChI is InChI=1S/C15H30O3/c1-4-7-10-15(11-8-5-2,12-9-6-3)13-18-14(16)17/h4-13H2,1-3H3,(H,16,17). The van der Waals surface area contributed by atoms with Crippen LogP contribution < -0.4 is 0 Å². The van der Waals surface area contributed by atoms with Gasteiger partial charge in [0.15, 0.2) is 0 Å². The molecule has 0 aromatic heterocycles. The van der Waals surface area contributed by atoms with Crippen LogP contribution in [0, 0.1) is 5.41 Å². The van der Waals surface area contributed by atoms with Gasteiger partial charge in [-0.2, -0.15) is 0 Å². The Morgan fingerprint density at radius 3 is 1.61 bits per heavy atom. The predicted octanol–water partition coefficient (Wildman–Crippen LogP) is 5.24. The largest absolute Gasteiger partial charge is 0.505 e. The topological polar surface area (TPSA) is 46.5 Å². The van der Waals surface area contributed by atoms with E-state index >= 15 is 0 Å². The minimum atomic E-state index is -1.14. The van der Waals surface area contributed by atoms with Crippen LogP contribution in [-0.2, 0) is 4.74 Å². The fourth-order valence-electron chi connectivity index (χ4n) is 2.46. The molecule has 0 aliphatic heterocycles. The normalized spacial score (nSPS) is 11.5. The first-order valence-electron chi connectivity index (χ1n) is 7.46. The monoisotopic (exact) mass is 258 g/mol. The van der Waals surface area contributed by atoms with E-state index in [9.17, 15) is 4.79 Å². The molecule has 0 aliphatic carbocycles. The third kappa shape index (κ3) is 7.57. The molecule has 0 spiro atoms. The van der Waals surface area contributed by atoms with Crippen molar-refractivity contribution in [1.29, 1.82) is 0 Å². The summed E-state index contributed by atoms with van der Waals surface area (Å²) in [5.74, 6) is 0. The Kier molecular flexibility index (Phi) is 9.80. The van der Waals surface area contributed by atoms with E-state index in [1.165, 1.54) is 0 Å². The maximum Gasteiger partial charge on any atom is 0.505 e. The summed E-state index contributed by atoms with van der Waals surface area (Å²) in [4.78, 5) is 10.6. The van der Waals surface area contributed by atoms with Crippen LogP contribution in [0.1, 0.15) is 78.6 Å². The molecule has 1 N–H and O–H groups in total. The van der Waals surface area contributed by atoms with Gasteiger partial charge in [-0.1, -0.05) is 59.3 Å². The van der Waals surface area contributed by atoms with Crippen molar-refractivity contribution < 1.29 is 14.6 Å². The third-order valence-corrected chi connectivity index (χ3v) is 3.68. The highest BCUT2D eigenvalue weighted by molar-refractivity contribution is 5.56. The van der Waals surface area contributed by atoms with E-state index in [2.05, 4.69) is 20.8 Å². The highest BCUT2D eigenvalue weighted by Crippen LogP contribution is 2.37. The molecule has 0 saturated heterocycles. The summed E-state index contributed by atoms with van der Waals surface area (Å²) in [5, 5.41) is 8.73. The SMILES string of the molecule is CCCCC(CCCC)(CCCC)COC(=O)O. The van der Waals surface area contributed by atoms with Gasteiger partial charge in [0.05, 0.1) is 0 Å². The molecule has 0 aromatic carbocycles. The molecule has 0 saturated carbocycles. The number of carboxylic acid groups (broad SMARTS) is 1. The molecule has 0 bridgehead atoms. The second kappa shape index (κ2) is 10.2. The zero-order valence-electron chi connectivity index (χ0n) is 12.3. The number of unbranched alkanes of at least 4 members (excludes halogenated alkanes) is 3. The van der Waals surface area contributed by atoms with E-state index in [4.69, 9.17) is 9.84 Å². The Hall–Kier alpha value is -0.730. The van der Waals surface area contributed by atoms with Crippen LogP contribution in [0.25, 0.3) is 0 Å². The lowest BCUT2D eigenvalue weighted by Crippen LogP contribution is -2.28. The van der Waals surface area contributed by atoms with E-state index in [1.54, 1.807) is 0 Å². The van der Waals surface area contributed by atoms with E-state index in [1.807, 2.05) is 0 Å². The van der Waals surface area contributed by atoms with Crippen molar-refractivity contribution >= 4 is 6.16 Å². The summed E-state index contributed by atoms with van der Waals surface area (Å²) < 4.78 is 4.92. The third-order valence-electron chi connectivity index (χ3n) is 3.68. The first-order chi connectivity index (χ1) is 8.60. The average molecular weight is 258 g/mol. The summed E-state index contributed by atoms with van der Waals surface area (Å²) in [5.41, 5.74) is 0.0837. The van der Waals surface area contributed by atoms with Gasteiger partial charge in [0, 0.05) is 5.41 Å². The van der Waals surface area contributed by atoms with Crippen molar-refractivity contribution in [2.75, 3.05) is 6.61 Å². The number of ether oxygens (including phenoxy) is 1. The van der Waals surface area contributed by atoms with Crippen molar-refractivity contribution in [3.05, 3.63) is 0 Å². The van der Waals surface area contributed by atoms with E-state index in [0.717, 1.165) is 57.8 Å². The van der Waals surface area contributed by atoms with Crippen molar-refractivity contribution in [2.45, 2.75) is 78.6 Å².